The molecule has 0 spiro atoms. The zero-order valence-electron chi connectivity index (χ0n) is 4.87. The highest BCUT2D eigenvalue weighted by molar-refractivity contribution is 6.42. The molecule has 0 fully saturated rings. The molecule has 1 amide bonds. The summed E-state index contributed by atoms with van der Waals surface area (Å²) in [5.41, 5.74) is 5.26. The number of nitrogens with zero attached hydrogens (tertiary/aromatic N) is 1. The van der Waals surface area contributed by atoms with Gasteiger partial charge in [0.25, 0.3) is 6.21 Å². The maximum Gasteiger partial charge on any atom is 0.390 e. The van der Waals surface area contributed by atoms with E-state index >= 15 is 0 Å². The van der Waals surface area contributed by atoms with E-state index in [-0.39, 0.29) is 0 Å². The maximum atomic E-state index is 10.4. The topological polar surface area (TPSA) is 57.2 Å². The number of nitrogens with two attached hydrogens (primary N) is 1. The van der Waals surface area contributed by atoms with Gasteiger partial charge in [0, 0.05) is 6.08 Å². The molecule has 1 aliphatic heterocycles. The van der Waals surface area contributed by atoms with Crippen LogP contribution in [0.2, 0.25) is 0 Å². The van der Waals surface area contributed by atoms with Gasteiger partial charge < -0.3 is 5.73 Å². The lowest BCUT2D eigenvalue weighted by Crippen LogP contribution is -2.24. The standard InChI is InChI=1S/C6H6N2O/c7-6(9)5-3-1-2-4-8-5/h1,3-4H,2H2,(H-,7,9)/p+1. The minimum atomic E-state index is -0.470. The van der Waals surface area contributed by atoms with E-state index in [2.05, 4.69) is 4.67 Å². The van der Waals surface area contributed by atoms with Gasteiger partial charge >= 0.3 is 11.6 Å². The maximum absolute atomic E-state index is 10.4. The molecule has 1 aliphatic rings. The summed E-state index contributed by atoms with van der Waals surface area (Å²) in [5.74, 6) is -0.470. The van der Waals surface area contributed by atoms with Crippen LogP contribution in [0.4, 0.5) is 0 Å². The number of amides is 1. The molecule has 2 N–H and O–H groups in total. The molecule has 1 rings (SSSR count). The Labute approximate surface area is 52.6 Å². The van der Waals surface area contributed by atoms with Crippen LogP contribution in [0.15, 0.2) is 12.2 Å². The molecule has 0 aromatic carbocycles. The zero-order valence-corrected chi connectivity index (χ0v) is 4.87. The molecule has 46 valence electrons. The Balaban J connectivity index is 2.92. The van der Waals surface area contributed by atoms with Crippen LogP contribution >= 0.6 is 0 Å². The van der Waals surface area contributed by atoms with E-state index in [1.165, 1.54) is 0 Å². The first-order valence-corrected chi connectivity index (χ1v) is 2.66. The summed E-state index contributed by atoms with van der Waals surface area (Å²) >= 11 is 0. The molecule has 0 aliphatic carbocycles. The normalized spacial score (nSPS) is 15.3. The van der Waals surface area contributed by atoms with Crippen LogP contribution in [0.5, 0.6) is 0 Å². The summed E-state index contributed by atoms with van der Waals surface area (Å²) < 4.78 is 3.76. The van der Waals surface area contributed by atoms with Crippen molar-refractivity contribution in [3.05, 3.63) is 12.2 Å². The Hall–Kier alpha value is -1.34. The Morgan fingerprint density at radius 3 is 2.89 bits per heavy atom. The van der Waals surface area contributed by atoms with Gasteiger partial charge in [-0.1, -0.05) is 10.7 Å². The molecule has 0 saturated heterocycles. The van der Waals surface area contributed by atoms with Crippen LogP contribution in [0.25, 0.3) is 0 Å². The summed E-state index contributed by atoms with van der Waals surface area (Å²) in [6.45, 7) is 0. The van der Waals surface area contributed by atoms with Crippen molar-refractivity contribution in [3.8, 4) is 0 Å². The van der Waals surface area contributed by atoms with E-state index in [4.69, 9.17) is 5.73 Å². The molecular weight excluding hydrogens is 116 g/mol. The van der Waals surface area contributed by atoms with E-state index in [0.29, 0.717) is 5.71 Å². The fourth-order valence-electron chi connectivity index (χ4n) is 0.580. The number of carbonyl (C=O) groups excluding carboxylic acids is 1. The first kappa shape index (κ1) is 5.79. The number of hydrogen-bond donors (Lipinski definition) is 1. The number of rotatable bonds is 1. The van der Waals surface area contributed by atoms with Gasteiger partial charge in [-0.2, -0.15) is 0 Å². The highest BCUT2D eigenvalue weighted by atomic mass is 16.1. The highest BCUT2D eigenvalue weighted by Crippen LogP contribution is 1.82. The van der Waals surface area contributed by atoms with E-state index in [0.717, 1.165) is 6.42 Å². The van der Waals surface area contributed by atoms with Crippen molar-refractivity contribution < 1.29 is 4.79 Å². The van der Waals surface area contributed by atoms with E-state index in [9.17, 15) is 4.79 Å². The van der Waals surface area contributed by atoms with Crippen LogP contribution < -0.4 is 10.4 Å². The van der Waals surface area contributed by atoms with Gasteiger partial charge in [-0.05, 0) is 0 Å². The predicted molar refractivity (Wildman–Crippen MR) is 36.2 cm³/mol. The average Bonchev–Trinajstić information content (AvgIpc) is 1.90. The molecule has 0 unspecified atom stereocenters. The van der Waals surface area contributed by atoms with Crippen molar-refractivity contribution in [2.75, 3.05) is 0 Å². The average molecular weight is 123 g/mol. The van der Waals surface area contributed by atoms with Crippen LogP contribution in [0.3, 0.4) is 0 Å². The number of primary amides is 1. The molecule has 3 nitrogen and oxygen atoms in total. The number of allylic oxidation sites excluding steroid dienone is 1. The lowest BCUT2D eigenvalue weighted by molar-refractivity contribution is -0.111. The lowest BCUT2D eigenvalue weighted by atomic mass is 10.2. The molecule has 0 aromatic heterocycles. The summed E-state index contributed by atoms with van der Waals surface area (Å²) in [4.78, 5) is 10.4. The van der Waals surface area contributed by atoms with E-state index in [1.54, 1.807) is 12.3 Å². The van der Waals surface area contributed by atoms with Gasteiger partial charge in [-0.25, -0.2) is 0 Å². The Morgan fingerprint density at radius 1 is 1.78 bits per heavy atom. The fourth-order valence-corrected chi connectivity index (χ4v) is 0.580. The molecule has 3 heteroatoms. The largest absolute Gasteiger partial charge is 0.390 e. The van der Waals surface area contributed by atoms with Gasteiger partial charge in [0.05, 0.1) is 6.42 Å². The van der Waals surface area contributed by atoms with Crippen molar-refractivity contribution in [1.82, 2.24) is 4.67 Å². The van der Waals surface area contributed by atoms with E-state index < -0.39 is 5.91 Å². The van der Waals surface area contributed by atoms with Crippen LogP contribution in [0.1, 0.15) is 6.42 Å². The van der Waals surface area contributed by atoms with Crippen molar-refractivity contribution in [3.63, 3.8) is 0 Å². The molecular formula is C6H7N2O+. The minimum Gasteiger partial charge on any atom is -0.359 e. The number of hydrogen-bond acceptors (Lipinski definition) is 1. The lowest BCUT2D eigenvalue weighted by Gasteiger charge is -1.80. The van der Waals surface area contributed by atoms with Gasteiger partial charge in [-0.15, -0.1) is 0 Å². The molecule has 0 bridgehead atoms. The van der Waals surface area contributed by atoms with Crippen LogP contribution in [-0.4, -0.2) is 17.8 Å². The summed E-state index contributed by atoms with van der Waals surface area (Å²) in [6.07, 6.45) is 5.91. The molecule has 1 heterocycles. The molecule has 0 radical (unpaired) electrons. The van der Waals surface area contributed by atoms with Gasteiger partial charge in [0.2, 0.25) is 0 Å². The summed E-state index contributed by atoms with van der Waals surface area (Å²) in [7, 11) is 0. The second-order valence-electron chi connectivity index (χ2n) is 1.70. The third-order valence-corrected chi connectivity index (χ3v) is 1.00. The first-order valence-electron chi connectivity index (χ1n) is 2.66. The molecule has 9 heavy (non-hydrogen) atoms. The fraction of sp³-hybridized carbons (Fsp3) is 0.167. The molecule has 0 atom stereocenters. The second-order valence-corrected chi connectivity index (χ2v) is 1.70. The van der Waals surface area contributed by atoms with Gasteiger partial charge in [0.15, 0.2) is 0 Å². The van der Waals surface area contributed by atoms with Crippen molar-refractivity contribution in [2.45, 2.75) is 6.42 Å². The monoisotopic (exact) mass is 123 g/mol. The Morgan fingerprint density at radius 2 is 2.56 bits per heavy atom. The predicted octanol–water partition coefficient (Wildman–Crippen LogP) is -0.989. The number of carbonyl (C=O) groups is 1. The Bertz CT molecular complexity index is 221. The van der Waals surface area contributed by atoms with Crippen LogP contribution in [-0.2, 0) is 4.79 Å². The molecule has 0 saturated carbocycles. The van der Waals surface area contributed by atoms with E-state index in [1.807, 2.05) is 6.08 Å². The summed E-state index contributed by atoms with van der Waals surface area (Å²) in [6, 6.07) is 0. The second kappa shape index (κ2) is 2.29. The van der Waals surface area contributed by atoms with Crippen molar-refractivity contribution in [1.29, 1.82) is 0 Å². The summed E-state index contributed by atoms with van der Waals surface area (Å²) in [5, 5.41) is 0. The quantitative estimate of drug-likeness (QED) is 0.447. The first-order chi connectivity index (χ1) is 4.30. The SMILES string of the molecule is NC(=O)C1=[N+]=CCC=C1. The minimum absolute atomic E-state index is 0.334. The molecule has 0 aromatic rings. The van der Waals surface area contributed by atoms with Gasteiger partial charge in [0.1, 0.15) is 0 Å². The van der Waals surface area contributed by atoms with Crippen molar-refractivity contribution >= 4 is 17.8 Å². The Kier molecular flexibility index (Phi) is 1.47. The zero-order chi connectivity index (χ0) is 6.69. The highest BCUT2D eigenvalue weighted by Gasteiger charge is 2.13. The van der Waals surface area contributed by atoms with Crippen LogP contribution in [0, 0.1) is 0 Å². The third kappa shape index (κ3) is 1.27. The third-order valence-electron chi connectivity index (χ3n) is 1.00. The smallest absolute Gasteiger partial charge is 0.359 e. The van der Waals surface area contributed by atoms with Crippen molar-refractivity contribution in [2.24, 2.45) is 5.73 Å². The van der Waals surface area contributed by atoms with Gasteiger partial charge in [-0.3, -0.25) is 4.79 Å².